The fourth-order valence-corrected chi connectivity index (χ4v) is 2.81. The largest absolute Gasteiger partial charge is 0.481 e. The molecule has 5 nitrogen and oxygen atoms in total. The molecule has 0 saturated heterocycles. The fourth-order valence-electron chi connectivity index (χ4n) is 1.76. The van der Waals surface area contributed by atoms with Crippen LogP contribution in [0.4, 0.5) is 5.69 Å². The van der Waals surface area contributed by atoms with Gasteiger partial charge in [-0.25, -0.2) is 8.42 Å². The van der Waals surface area contributed by atoms with Crippen LogP contribution in [-0.4, -0.2) is 30.8 Å². The summed E-state index contributed by atoms with van der Waals surface area (Å²) in [6.45, 7) is 8.30. The molecule has 118 valence electrons. The normalized spacial score (nSPS) is 13.0. The zero-order chi connectivity index (χ0) is 16.5. The number of carbonyl (C=O) groups is 1. The van der Waals surface area contributed by atoms with Crippen LogP contribution in [0.15, 0.2) is 29.2 Å². The summed E-state index contributed by atoms with van der Waals surface area (Å²) in [6.07, 6.45) is 0. The van der Waals surface area contributed by atoms with E-state index in [1.807, 2.05) is 0 Å². The highest BCUT2D eigenvalue weighted by Gasteiger charge is 2.44. The Balaban J connectivity index is 3.30. The third kappa shape index (κ3) is 3.37. The Morgan fingerprint density at radius 2 is 1.71 bits per heavy atom. The van der Waals surface area contributed by atoms with Gasteiger partial charge in [-0.1, -0.05) is 19.1 Å². The van der Waals surface area contributed by atoms with Gasteiger partial charge in [-0.3, -0.25) is 4.79 Å². The van der Waals surface area contributed by atoms with Crippen LogP contribution in [0.1, 0.15) is 34.6 Å². The summed E-state index contributed by atoms with van der Waals surface area (Å²) in [4.78, 5) is 11.6. The van der Waals surface area contributed by atoms with Crippen molar-refractivity contribution in [3.63, 3.8) is 0 Å². The van der Waals surface area contributed by atoms with Crippen molar-refractivity contribution in [3.05, 3.63) is 24.3 Å². The van der Waals surface area contributed by atoms with Gasteiger partial charge >= 0.3 is 5.97 Å². The van der Waals surface area contributed by atoms with Crippen LogP contribution in [0, 0.1) is 5.41 Å². The SMILES string of the molecule is CCS(=O)(=O)c1ccccc1NC(C)(C)C(C)(C)C(=O)O. The molecule has 0 radical (unpaired) electrons. The molecule has 0 unspecified atom stereocenters. The second-order valence-corrected chi connectivity index (χ2v) is 8.33. The summed E-state index contributed by atoms with van der Waals surface area (Å²) in [5.74, 6) is -0.954. The van der Waals surface area contributed by atoms with Crippen molar-refractivity contribution in [2.24, 2.45) is 5.41 Å². The molecule has 0 fully saturated rings. The van der Waals surface area contributed by atoms with Crippen molar-refractivity contribution in [2.75, 3.05) is 11.1 Å². The van der Waals surface area contributed by atoms with Crippen LogP contribution in [0.3, 0.4) is 0 Å². The first-order valence-corrected chi connectivity index (χ1v) is 8.44. The lowest BCUT2D eigenvalue weighted by Gasteiger charge is -2.40. The first-order valence-electron chi connectivity index (χ1n) is 6.79. The van der Waals surface area contributed by atoms with Gasteiger partial charge in [0.05, 0.1) is 21.8 Å². The molecule has 1 aromatic rings. The highest BCUT2D eigenvalue weighted by molar-refractivity contribution is 7.91. The van der Waals surface area contributed by atoms with E-state index >= 15 is 0 Å². The number of para-hydroxylation sites is 1. The van der Waals surface area contributed by atoms with Gasteiger partial charge in [0.2, 0.25) is 0 Å². The lowest BCUT2D eigenvalue weighted by Crippen LogP contribution is -2.50. The standard InChI is InChI=1S/C15H23NO4S/c1-6-21(19,20)12-10-8-7-9-11(12)16-15(4,5)14(2,3)13(17)18/h7-10,16H,6H2,1-5H3,(H,17,18). The van der Waals surface area contributed by atoms with Crippen LogP contribution in [0.25, 0.3) is 0 Å². The van der Waals surface area contributed by atoms with E-state index in [1.54, 1.807) is 52.8 Å². The quantitative estimate of drug-likeness (QED) is 0.843. The van der Waals surface area contributed by atoms with Crippen molar-refractivity contribution >= 4 is 21.5 Å². The summed E-state index contributed by atoms with van der Waals surface area (Å²) < 4.78 is 24.3. The van der Waals surface area contributed by atoms with Crippen LogP contribution >= 0.6 is 0 Å². The molecule has 1 aromatic carbocycles. The Morgan fingerprint density at radius 1 is 1.19 bits per heavy atom. The Bertz CT molecular complexity index is 633. The second-order valence-electron chi connectivity index (χ2n) is 6.08. The minimum Gasteiger partial charge on any atom is -0.481 e. The Labute approximate surface area is 126 Å². The molecular weight excluding hydrogens is 290 g/mol. The summed E-state index contributed by atoms with van der Waals surface area (Å²) in [7, 11) is -3.38. The predicted molar refractivity (Wildman–Crippen MR) is 83.3 cm³/mol. The van der Waals surface area contributed by atoms with Gasteiger partial charge in [0.15, 0.2) is 9.84 Å². The van der Waals surface area contributed by atoms with E-state index in [2.05, 4.69) is 5.32 Å². The molecule has 0 spiro atoms. The van der Waals surface area contributed by atoms with E-state index in [0.29, 0.717) is 5.69 Å². The van der Waals surface area contributed by atoms with Gasteiger partial charge in [0.25, 0.3) is 0 Å². The summed E-state index contributed by atoms with van der Waals surface area (Å²) in [5.41, 5.74) is -1.48. The Kier molecular flexibility index (Phi) is 4.73. The Hall–Kier alpha value is -1.56. The maximum absolute atomic E-state index is 12.1. The molecule has 21 heavy (non-hydrogen) atoms. The van der Waals surface area contributed by atoms with E-state index < -0.39 is 26.8 Å². The molecule has 0 bridgehead atoms. The molecule has 1 rings (SSSR count). The molecule has 0 saturated carbocycles. The van der Waals surface area contributed by atoms with Gasteiger partial charge in [0.1, 0.15) is 0 Å². The summed E-state index contributed by atoms with van der Waals surface area (Å²) in [6, 6.07) is 6.57. The van der Waals surface area contributed by atoms with Gasteiger partial charge in [-0.15, -0.1) is 0 Å². The van der Waals surface area contributed by atoms with Crippen molar-refractivity contribution in [1.82, 2.24) is 0 Å². The number of carboxylic acids is 1. The van der Waals surface area contributed by atoms with Gasteiger partial charge in [-0.2, -0.15) is 0 Å². The molecule has 0 amide bonds. The first-order chi connectivity index (χ1) is 9.45. The predicted octanol–water partition coefficient (Wildman–Crippen LogP) is 2.78. The van der Waals surface area contributed by atoms with Crippen molar-refractivity contribution in [2.45, 2.75) is 45.1 Å². The molecule has 2 N–H and O–H groups in total. The van der Waals surface area contributed by atoms with Gasteiger partial charge < -0.3 is 10.4 Å². The molecule has 0 atom stereocenters. The van der Waals surface area contributed by atoms with E-state index in [0.717, 1.165) is 0 Å². The lowest BCUT2D eigenvalue weighted by atomic mass is 9.74. The van der Waals surface area contributed by atoms with Crippen molar-refractivity contribution < 1.29 is 18.3 Å². The number of hydrogen-bond acceptors (Lipinski definition) is 4. The van der Waals surface area contributed by atoms with Gasteiger partial charge in [-0.05, 0) is 39.8 Å². The van der Waals surface area contributed by atoms with Crippen molar-refractivity contribution in [3.8, 4) is 0 Å². The van der Waals surface area contributed by atoms with Crippen LogP contribution in [0.2, 0.25) is 0 Å². The van der Waals surface area contributed by atoms with Crippen LogP contribution < -0.4 is 5.32 Å². The van der Waals surface area contributed by atoms with Crippen molar-refractivity contribution in [1.29, 1.82) is 0 Å². The number of rotatable bonds is 6. The fraction of sp³-hybridized carbons (Fsp3) is 0.533. The maximum Gasteiger partial charge on any atom is 0.311 e. The number of aliphatic carboxylic acids is 1. The van der Waals surface area contributed by atoms with Crippen LogP contribution in [-0.2, 0) is 14.6 Å². The zero-order valence-corrected chi connectivity index (χ0v) is 13.9. The highest BCUT2D eigenvalue weighted by atomic mass is 32.2. The highest BCUT2D eigenvalue weighted by Crippen LogP contribution is 2.35. The minimum absolute atomic E-state index is 0.00551. The minimum atomic E-state index is -3.38. The third-order valence-electron chi connectivity index (χ3n) is 4.15. The summed E-state index contributed by atoms with van der Waals surface area (Å²) >= 11 is 0. The third-order valence-corrected chi connectivity index (χ3v) is 5.93. The monoisotopic (exact) mass is 313 g/mol. The smallest absolute Gasteiger partial charge is 0.311 e. The molecule has 0 aliphatic carbocycles. The molecule has 6 heteroatoms. The molecule has 0 aliphatic heterocycles. The van der Waals surface area contributed by atoms with Crippen LogP contribution in [0.5, 0.6) is 0 Å². The van der Waals surface area contributed by atoms with E-state index in [9.17, 15) is 18.3 Å². The number of hydrogen-bond donors (Lipinski definition) is 2. The topological polar surface area (TPSA) is 83.5 Å². The molecular formula is C15H23NO4S. The van der Waals surface area contributed by atoms with E-state index in [4.69, 9.17) is 0 Å². The zero-order valence-electron chi connectivity index (χ0n) is 13.1. The number of anilines is 1. The lowest BCUT2D eigenvalue weighted by molar-refractivity contribution is -0.149. The number of sulfone groups is 1. The second kappa shape index (κ2) is 5.67. The molecule has 0 aliphatic rings. The summed E-state index contributed by atoms with van der Waals surface area (Å²) in [5, 5.41) is 12.5. The molecule has 0 heterocycles. The number of nitrogens with one attached hydrogen (secondary N) is 1. The van der Waals surface area contributed by atoms with E-state index in [1.165, 1.54) is 6.07 Å². The average Bonchev–Trinajstić information content (AvgIpc) is 2.38. The number of carboxylic acid groups (broad SMARTS) is 1. The van der Waals surface area contributed by atoms with E-state index in [-0.39, 0.29) is 10.6 Å². The van der Waals surface area contributed by atoms with Gasteiger partial charge in [0, 0.05) is 5.54 Å². The Morgan fingerprint density at radius 3 is 2.19 bits per heavy atom. The average molecular weight is 313 g/mol. The number of benzene rings is 1. The maximum atomic E-state index is 12.1. The molecule has 0 aromatic heterocycles. The first kappa shape index (κ1) is 17.5.